The van der Waals surface area contributed by atoms with Crippen molar-refractivity contribution in [1.29, 1.82) is 0 Å². The zero-order valence-electron chi connectivity index (χ0n) is 11.0. The molecule has 0 bridgehead atoms. The van der Waals surface area contributed by atoms with E-state index in [0.717, 1.165) is 6.54 Å². The van der Waals surface area contributed by atoms with Crippen LogP contribution in [0.5, 0.6) is 0 Å². The minimum absolute atomic E-state index is 0.0798. The summed E-state index contributed by atoms with van der Waals surface area (Å²) in [6, 6.07) is 3.85. The molecule has 0 saturated heterocycles. The van der Waals surface area contributed by atoms with E-state index in [1.807, 2.05) is 6.26 Å². The molecule has 0 saturated carbocycles. The number of hydrogen-bond donors (Lipinski definition) is 1. The lowest BCUT2D eigenvalue weighted by molar-refractivity contribution is 0.490. The Labute approximate surface area is 117 Å². The molecule has 1 aliphatic heterocycles. The van der Waals surface area contributed by atoms with Crippen molar-refractivity contribution in [1.82, 2.24) is 5.32 Å². The van der Waals surface area contributed by atoms with Gasteiger partial charge in [0.2, 0.25) is 0 Å². The van der Waals surface area contributed by atoms with Crippen molar-refractivity contribution < 1.29 is 12.8 Å². The van der Waals surface area contributed by atoms with Crippen molar-refractivity contribution >= 4 is 21.6 Å². The van der Waals surface area contributed by atoms with Gasteiger partial charge in [-0.25, -0.2) is 12.8 Å². The molecule has 0 aliphatic carbocycles. The highest BCUT2D eigenvalue weighted by Gasteiger charge is 2.30. The fourth-order valence-electron chi connectivity index (χ4n) is 2.22. The molecule has 1 aromatic rings. The molecular weight excluding hydrogens is 285 g/mol. The third-order valence-corrected chi connectivity index (χ3v) is 6.20. The number of thioether (sulfide) groups is 1. The minimum atomic E-state index is -3.25. The molecule has 1 heterocycles. The van der Waals surface area contributed by atoms with Gasteiger partial charge in [-0.3, -0.25) is 0 Å². The first-order valence-electron chi connectivity index (χ1n) is 6.22. The third-order valence-electron chi connectivity index (χ3n) is 3.41. The molecule has 0 spiro atoms. The summed E-state index contributed by atoms with van der Waals surface area (Å²) in [5, 5.41) is 3.78. The Hall–Kier alpha value is -0.590. The summed E-state index contributed by atoms with van der Waals surface area (Å²) in [4.78, 5) is 0.273. The smallest absolute Gasteiger partial charge is 0.178 e. The van der Waals surface area contributed by atoms with Crippen LogP contribution >= 0.6 is 11.8 Å². The van der Waals surface area contributed by atoms with Gasteiger partial charge in [0.15, 0.2) is 9.84 Å². The van der Waals surface area contributed by atoms with Crippen LogP contribution < -0.4 is 5.32 Å². The highest BCUT2D eigenvalue weighted by Crippen LogP contribution is 2.32. The van der Waals surface area contributed by atoms with E-state index >= 15 is 0 Å². The molecule has 0 fully saturated rings. The first-order valence-corrected chi connectivity index (χ1v) is 9.16. The van der Waals surface area contributed by atoms with E-state index in [1.54, 1.807) is 11.8 Å². The topological polar surface area (TPSA) is 46.2 Å². The van der Waals surface area contributed by atoms with E-state index in [0.29, 0.717) is 17.2 Å². The van der Waals surface area contributed by atoms with Crippen LogP contribution in [0.2, 0.25) is 0 Å². The Bertz CT molecular complexity index is 560. The molecule has 0 amide bonds. The van der Waals surface area contributed by atoms with Crippen molar-refractivity contribution in [2.45, 2.75) is 29.5 Å². The summed E-state index contributed by atoms with van der Waals surface area (Å²) in [7, 11) is -3.25. The van der Waals surface area contributed by atoms with Gasteiger partial charge < -0.3 is 5.32 Å². The average Bonchev–Trinajstić information content (AvgIpc) is 2.37. The Morgan fingerprint density at radius 2 is 2.26 bits per heavy atom. The first-order chi connectivity index (χ1) is 8.94. The summed E-state index contributed by atoms with van der Waals surface area (Å²) in [6.07, 6.45) is 2.53. The summed E-state index contributed by atoms with van der Waals surface area (Å²) in [5.74, 6) is -0.266. The van der Waals surface area contributed by atoms with E-state index in [-0.39, 0.29) is 22.5 Å². The monoisotopic (exact) mass is 303 g/mol. The van der Waals surface area contributed by atoms with Crippen LogP contribution in [0.4, 0.5) is 4.39 Å². The van der Waals surface area contributed by atoms with Crippen molar-refractivity contribution in [3.8, 4) is 0 Å². The maximum atomic E-state index is 13.4. The molecular formula is C13H18FNO2S2. The van der Waals surface area contributed by atoms with Crippen molar-refractivity contribution in [3.05, 3.63) is 29.6 Å². The Morgan fingerprint density at radius 3 is 2.95 bits per heavy atom. The van der Waals surface area contributed by atoms with Crippen LogP contribution in [0.3, 0.4) is 0 Å². The molecule has 0 aromatic heterocycles. The summed E-state index contributed by atoms with van der Waals surface area (Å²) in [5.41, 5.74) is 0.569. The third kappa shape index (κ3) is 3.30. The fraction of sp³-hybridized carbons (Fsp3) is 0.538. The molecule has 2 rings (SSSR count). The normalized spacial score (nSPS) is 22.8. The Kier molecular flexibility index (Phi) is 4.53. The molecule has 0 radical (unpaired) electrons. The summed E-state index contributed by atoms with van der Waals surface area (Å²) in [6.45, 7) is 2.88. The standard InChI is InChI=1S/C13H18FNO2S2/c1-9(18-2)8-15-12-5-6-19(16,17)13-4-3-10(14)7-11(12)13/h3-4,7,9,12,15H,5-6,8H2,1-2H3. The van der Waals surface area contributed by atoms with E-state index in [4.69, 9.17) is 0 Å². The number of nitrogens with one attached hydrogen (secondary N) is 1. The number of fused-ring (bicyclic) bond motifs is 1. The molecule has 106 valence electrons. The van der Waals surface area contributed by atoms with Crippen LogP contribution in [0.15, 0.2) is 23.1 Å². The van der Waals surface area contributed by atoms with Crippen LogP contribution in [-0.2, 0) is 9.84 Å². The lowest BCUT2D eigenvalue weighted by Crippen LogP contribution is -2.33. The Balaban J connectivity index is 2.27. The zero-order valence-corrected chi connectivity index (χ0v) is 12.7. The second-order valence-electron chi connectivity index (χ2n) is 4.80. The van der Waals surface area contributed by atoms with Crippen molar-refractivity contribution in [2.24, 2.45) is 0 Å². The predicted molar refractivity (Wildman–Crippen MR) is 76.8 cm³/mol. The molecule has 1 aliphatic rings. The predicted octanol–water partition coefficient (Wildman–Crippen LogP) is 2.39. The summed E-state index contributed by atoms with van der Waals surface area (Å²) >= 11 is 1.74. The van der Waals surface area contributed by atoms with Crippen LogP contribution in [0, 0.1) is 5.82 Å². The summed E-state index contributed by atoms with van der Waals surface area (Å²) < 4.78 is 37.3. The van der Waals surface area contributed by atoms with Gasteiger partial charge in [0, 0.05) is 17.8 Å². The first kappa shape index (κ1) is 14.8. The largest absolute Gasteiger partial charge is 0.309 e. The number of benzene rings is 1. The molecule has 1 aromatic carbocycles. The van der Waals surface area contributed by atoms with Crippen LogP contribution in [0.25, 0.3) is 0 Å². The maximum absolute atomic E-state index is 13.4. The number of hydrogen-bond acceptors (Lipinski definition) is 4. The lowest BCUT2D eigenvalue weighted by atomic mass is 10.0. The number of sulfone groups is 1. The van der Waals surface area contributed by atoms with Gasteiger partial charge in [0.05, 0.1) is 10.6 Å². The second kappa shape index (κ2) is 5.81. The zero-order chi connectivity index (χ0) is 14.0. The molecule has 6 heteroatoms. The number of rotatable bonds is 4. The minimum Gasteiger partial charge on any atom is -0.309 e. The second-order valence-corrected chi connectivity index (χ2v) is 8.15. The highest BCUT2D eigenvalue weighted by atomic mass is 32.2. The van der Waals surface area contributed by atoms with Crippen LogP contribution in [0.1, 0.15) is 24.9 Å². The average molecular weight is 303 g/mol. The highest BCUT2D eigenvalue weighted by molar-refractivity contribution is 7.99. The lowest BCUT2D eigenvalue weighted by Gasteiger charge is -2.27. The molecule has 1 N–H and O–H groups in total. The van der Waals surface area contributed by atoms with Gasteiger partial charge in [-0.05, 0) is 36.4 Å². The fourth-order valence-corrected chi connectivity index (χ4v) is 4.08. The van der Waals surface area contributed by atoms with Gasteiger partial charge in [-0.1, -0.05) is 6.92 Å². The van der Waals surface area contributed by atoms with E-state index in [1.165, 1.54) is 18.2 Å². The van der Waals surface area contributed by atoms with E-state index < -0.39 is 9.84 Å². The Morgan fingerprint density at radius 1 is 1.53 bits per heavy atom. The van der Waals surface area contributed by atoms with Gasteiger partial charge in [0.1, 0.15) is 5.82 Å². The van der Waals surface area contributed by atoms with Crippen molar-refractivity contribution in [2.75, 3.05) is 18.6 Å². The molecule has 19 heavy (non-hydrogen) atoms. The molecule has 2 unspecified atom stereocenters. The maximum Gasteiger partial charge on any atom is 0.178 e. The van der Waals surface area contributed by atoms with E-state index in [9.17, 15) is 12.8 Å². The van der Waals surface area contributed by atoms with E-state index in [2.05, 4.69) is 12.2 Å². The SMILES string of the molecule is CSC(C)CNC1CCS(=O)(=O)c2ccc(F)cc21. The number of halogens is 1. The van der Waals surface area contributed by atoms with Gasteiger partial charge >= 0.3 is 0 Å². The van der Waals surface area contributed by atoms with Crippen LogP contribution in [-0.4, -0.2) is 32.2 Å². The van der Waals surface area contributed by atoms with Gasteiger partial charge in [-0.15, -0.1) is 0 Å². The quantitative estimate of drug-likeness (QED) is 0.868. The van der Waals surface area contributed by atoms with Gasteiger partial charge in [0.25, 0.3) is 0 Å². The van der Waals surface area contributed by atoms with Crippen molar-refractivity contribution in [3.63, 3.8) is 0 Å². The molecule has 3 nitrogen and oxygen atoms in total. The molecule has 2 atom stereocenters. The van der Waals surface area contributed by atoms with Gasteiger partial charge in [-0.2, -0.15) is 11.8 Å².